The van der Waals surface area contributed by atoms with Crippen molar-refractivity contribution >= 4 is 16.8 Å². The van der Waals surface area contributed by atoms with Crippen LogP contribution in [0.3, 0.4) is 0 Å². The van der Waals surface area contributed by atoms with Gasteiger partial charge < -0.3 is 4.84 Å². The van der Waals surface area contributed by atoms with Gasteiger partial charge in [0.15, 0.2) is 0 Å². The van der Waals surface area contributed by atoms with Crippen LogP contribution in [0.4, 0.5) is 0 Å². The van der Waals surface area contributed by atoms with Crippen molar-refractivity contribution < 1.29 is 4.84 Å². The second-order valence-corrected chi connectivity index (χ2v) is 3.31. The predicted molar refractivity (Wildman–Crippen MR) is 55.1 cm³/mol. The first-order chi connectivity index (χ1) is 6.95. The molecule has 0 saturated carbocycles. The van der Waals surface area contributed by atoms with E-state index in [1.165, 1.54) is 16.0 Å². The first-order valence-corrected chi connectivity index (χ1v) is 4.63. The molecule has 0 radical (unpaired) electrons. The highest BCUT2D eigenvalue weighted by Crippen LogP contribution is 2.06. The standard InChI is InChI=1S/C12H9NO/c1-2-4-10-9(3-1)5-6-12-11(10)7-8-14-13-12/h1-7H,8H2. The minimum Gasteiger partial charge on any atom is -0.391 e. The Labute approximate surface area is 81.1 Å². The van der Waals surface area contributed by atoms with Gasteiger partial charge in [-0.1, -0.05) is 35.5 Å². The van der Waals surface area contributed by atoms with Gasteiger partial charge in [-0.15, -0.1) is 0 Å². The normalized spacial score (nSPS) is 13.7. The molecule has 2 heteroatoms. The maximum Gasteiger partial charge on any atom is 0.136 e. The summed E-state index contributed by atoms with van der Waals surface area (Å²) in [6.07, 6.45) is 2.07. The van der Waals surface area contributed by atoms with Gasteiger partial charge in [0.25, 0.3) is 0 Å². The molecule has 1 heterocycles. The van der Waals surface area contributed by atoms with Crippen LogP contribution in [0.5, 0.6) is 0 Å². The molecular weight excluding hydrogens is 174 g/mol. The summed E-state index contributed by atoms with van der Waals surface area (Å²) >= 11 is 0. The molecule has 0 unspecified atom stereocenters. The molecule has 1 aliphatic heterocycles. The fourth-order valence-electron chi connectivity index (χ4n) is 1.81. The first kappa shape index (κ1) is 7.56. The summed E-state index contributed by atoms with van der Waals surface area (Å²) in [5, 5.41) is 8.62. The van der Waals surface area contributed by atoms with Crippen molar-refractivity contribution in [1.82, 2.24) is 0 Å². The third kappa shape index (κ3) is 1.01. The van der Waals surface area contributed by atoms with Gasteiger partial charge in [0.2, 0.25) is 0 Å². The maximum absolute atomic E-state index is 5.01. The largest absolute Gasteiger partial charge is 0.391 e. The summed E-state index contributed by atoms with van der Waals surface area (Å²) in [5.41, 5.74) is 0. The van der Waals surface area contributed by atoms with E-state index in [0.29, 0.717) is 6.61 Å². The first-order valence-electron chi connectivity index (χ1n) is 4.63. The van der Waals surface area contributed by atoms with Crippen molar-refractivity contribution in [2.24, 2.45) is 5.16 Å². The maximum atomic E-state index is 5.01. The van der Waals surface area contributed by atoms with Crippen LogP contribution in [0.25, 0.3) is 16.8 Å². The Morgan fingerprint density at radius 3 is 3.00 bits per heavy atom. The molecule has 68 valence electrons. The highest BCUT2D eigenvalue weighted by atomic mass is 16.6. The van der Waals surface area contributed by atoms with E-state index in [9.17, 15) is 0 Å². The second kappa shape index (κ2) is 2.84. The molecule has 0 atom stereocenters. The Kier molecular flexibility index (Phi) is 1.53. The van der Waals surface area contributed by atoms with Crippen molar-refractivity contribution in [2.75, 3.05) is 6.61 Å². The number of fused-ring (bicyclic) bond motifs is 3. The smallest absolute Gasteiger partial charge is 0.136 e. The van der Waals surface area contributed by atoms with Crippen molar-refractivity contribution in [2.45, 2.75) is 0 Å². The third-order valence-electron chi connectivity index (χ3n) is 2.47. The Balaban J connectivity index is 2.60. The summed E-state index contributed by atoms with van der Waals surface area (Å²) in [7, 11) is 0. The molecule has 0 fully saturated rings. The second-order valence-electron chi connectivity index (χ2n) is 3.31. The number of hydrogen-bond acceptors (Lipinski definition) is 2. The lowest BCUT2D eigenvalue weighted by molar-refractivity contribution is 0.166. The zero-order valence-corrected chi connectivity index (χ0v) is 7.60. The van der Waals surface area contributed by atoms with Crippen LogP contribution in [0.2, 0.25) is 0 Å². The predicted octanol–water partition coefficient (Wildman–Crippen LogP) is 1.19. The van der Waals surface area contributed by atoms with Crippen LogP contribution in [-0.2, 0) is 4.84 Å². The Morgan fingerprint density at radius 1 is 1.07 bits per heavy atom. The summed E-state index contributed by atoms with van der Waals surface area (Å²) in [6, 6.07) is 12.4. The molecule has 14 heavy (non-hydrogen) atoms. The van der Waals surface area contributed by atoms with Crippen molar-refractivity contribution in [3.8, 4) is 0 Å². The lowest BCUT2D eigenvalue weighted by atomic mass is 10.1. The molecule has 1 aliphatic rings. The quantitative estimate of drug-likeness (QED) is 0.601. The summed E-state index contributed by atoms with van der Waals surface area (Å²) in [4.78, 5) is 5.01. The average molecular weight is 183 g/mol. The Morgan fingerprint density at radius 2 is 2.00 bits per heavy atom. The van der Waals surface area contributed by atoms with Crippen LogP contribution in [-0.4, -0.2) is 6.61 Å². The molecule has 0 spiro atoms. The minimum atomic E-state index is 0.570. The topological polar surface area (TPSA) is 21.6 Å². The number of benzene rings is 2. The average Bonchev–Trinajstić information content (AvgIpc) is 2.29. The van der Waals surface area contributed by atoms with E-state index in [1.807, 2.05) is 18.2 Å². The monoisotopic (exact) mass is 183 g/mol. The SMILES string of the molecule is C1=c2c(ccc3ccccc23)=NOC1. The van der Waals surface area contributed by atoms with Gasteiger partial charge in [0, 0.05) is 5.22 Å². The Hall–Kier alpha value is -1.83. The molecule has 3 rings (SSSR count). The molecule has 0 saturated heterocycles. The molecule has 0 amide bonds. The van der Waals surface area contributed by atoms with E-state index >= 15 is 0 Å². The highest BCUT2D eigenvalue weighted by Gasteiger charge is 1.99. The fourth-order valence-corrected chi connectivity index (χ4v) is 1.81. The van der Waals surface area contributed by atoms with Gasteiger partial charge in [-0.05, 0) is 22.9 Å². The van der Waals surface area contributed by atoms with Gasteiger partial charge in [-0.3, -0.25) is 0 Å². The summed E-state index contributed by atoms with van der Waals surface area (Å²) in [6.45, 7) is 0.570. The molecule has 2 aromatic rings. The minimum absolute atomic E-state index is 0.570. The van der Waals surface area contributed by atoms with E-state index in [0.717, 1.165) is 5.36 Å². The molecule has 0 bridgehead atoms. The van der Waals surface area contributed by atoms with Crippen LogP contribution < -0.4 is 10.6 Å². The number of nitrogens with zero attached hydrogens (tertiary/aromatic N) is 1. The van der Waals surface area contributed by atoms with Crippen molar-refractivity contribution in [3.05, 3.63) is 47.0 Å². The van der Waals surface area contributed by atoms with Crippen molar-refractivity contribution in [1.29, 1.82) is 0 Å². The van der Waals surface area contributed by atoms with Crippen LogP contribution in [0.15, 0.2) is 41.6 Å². The lowest BCUT2D eigenvalue weighted by Gasteiger charge is -2.03. The van der Waals surface area contributed by atoms with Crippen molar-refractivity contribution in [3.63, 3.8) is 0 Å². The number of rotatable bonds is 0. The van der Waals surface area contributed by atoms with Gasteiger partial charge in [0.05, 0.1) is 0 Å². The molecular formula is C12H9NO. The number of hydrogen-bond donors (Lipinski definition) is 0. The summed E-state index contributed by atoms with van der Waals surface area (Å²) in [5.74, 6) is 0. The van der Waals surface area contributed by atoms with E-state index in [4.69, 9.17) is 4.84 Å². The molecule has 0 aliphatic carbocycles. The van der Waals surface area contributed by atoms with Gasteiger partial charge in [0.1, 0.15) is 12.0 Å². The highest BCUT2D eigenvalue weighted by molar-refractivity contribution is 5.83. The molecule has 2 nitrogen and oxygen atoms in total. The van der Waals surface area contributed by atoms with Gasteiger partial charge in [-0.2, -0.15) is 0 Å². The Bertz CT molecular complexity index is 601. The zero-order chi connectivity index (χ0) is 9.38. The van der Waals surface area contributed by atoms with Gasteiger partial charge >= 0.3 is 0 Å². The fraction of sp³-hybridized carbons (Fsp3) is 0.0833. The summed E-state index contributed by atoms with van der Waals surface area (Å²) < 4.78 is 0. The van der Waals surface area contributed by atoms with Crippen LogP contribution in [0.1, 0.15) is 0 Å². The molecule has 0 aromatic heterocycles. The third-order valence-corrected chi connectivity index (χ3v) is 2.47. The van der Waals surface area contributed by atoms with E-state index in [-0.39, 0.29) is 0 Å². The van der Waals surface area contributed by atoms with Crippen LogP contribution >= 0.6 is 0 Å². The van der Waals surface area contributed by atoms with Crippen LogP contribution in [0, 0.1) is 0 Å². The van der Waals surface area contributed by atoms with E-state index in [2.05, 4.69) is 29.4 Å². The molecule has 2 aromatic carbocycles. The van der Waals surface area contributed by atoms with E-state index < -0.39 is 0 Å². The molecule has 0 N–H and O–H groups in total. The van der Waals surface area contributed by atoms with E-state index in [1.54, 1.807) is 0 Å². The lowest BCUT2D eigenvalue weighted by Crippen LogP contribution is -2.29. The van der Waals surface area contributed by atoms with Gasteiger partial charge in [-0.25, -0.2) is 0 Å². The zero-order valence-electron chi connectivity index (χ0n) is 7.60.